The summed E-state index contributed by atoms with van der Waals surface area (Å²) in [6.45, 7) is 4.76. The van der Waals surface area contributed by atoms with Crippen molar-refractivity contribution >= 4 is 11.9 Å². The molecule has 1 heterocycles. The molecule has 0 atom stereocenters. The van der Waals surface area contributed by atoms with Crippen LogP contribution in [0.3, 0.4) is 0 Å². The summed E-state index contributed by atoms with van der Waals surface area (Å²) >= 11 is 0. The van der Waals surface area contributed by atoms with Gasteiger partial charge in [-0.15, -0.1) is 0 Å². The number of rotatable bonds is 10. The van der Waals surface area contributed by atoms with Gasteiger partial charge in [-0.05, 0) is 82.9 Å². The van der Waals surface area contributed by atoms with Crippen molar-refractivity contribution in [1.29, 1.82) is 0 Å². The monoisotopic (exact) mass is 429 g/mol. The molecular formula is C25H39N3O3. The van der Waals surface area contributed by atoms with Crippen LogP contribution >= 0.6 is 0 Å². The molecule has 31 heavy (non-hydrogen) atoms. The number of carbonyl (C=O) groups excluding carboxylic acids is 2. The summed E-state index contributed by atoms with van der Waals surface area (Å²) in [6, 6.07) is 9.48. The zero-order valence-electron chi connectivity index (χ0n) is 19.5. The first-order valence-corrected chi connectivity index (χ1v) is 11.8. The van der Waals surface area contributed by atoms with E-state index in [0.717, 1.165) is 52.0 Å². The predicted octanol–water partition coefficient (Wildman–Crippen LogP) is 2.60. The maximum Gasteiger partial charge on any atom is 0.306 e. The lowest BCUT2D eigenvalue weighted by molar-refractivity contribution is -0.143. The summed E-state index contributed by atoms with van der Waals surface area (Å²) in [5.41, 5.74) is 3.02. The zero-order chi connectivity index (χ0) is 22.2. The first kappa shape index (κ1) is 23.7. The SMILES string of the molecule is COC(=O)CCC(=O)N(CCCN(C)C)CC1CCN(C2Cc3ccccc3C2)CC1. The van der Waals surface area contributed by atoms with Crippen molar-refractivity contribution in [2.75, 3.05) is 53.9 Å². The Kier molecular flexibility index (Phi) is 8.90. The van der Waals surface area contributed by atoms with Crippen molar-refractivity contribution in [3.8, 4) is 0 Å². The van der Waals surface area contributed by atoms with Gasteiger partial charge in [0.2, 0.25) is 5.91 Å². The number of hydrogen-bond donors (Lipinski definition) is 0. The van der Waals surface area contributed by atoms with E-state index in [1.807, 2.05) is 4.90 Å². The second-order valence-electron chi connectivity index (χ2n) is 9.38. The normalized spacial score (nSPS) is 17.7. The smallest absolute Gasteiger partial charge is 0.306 e. The van der Waals surface area contributed by atoms with E-state index in [9.17, 15) is 9.59 Å². The van der Waals surface area contributed by atoms with Crippen LogP contribution in [0.25, 0.3) is 0 Å². The van der Waals surface area contributed by atoms with Gasteiger partial charge in [0.25, 0.3) is 0 Å². The van der Waals surface area contributed by atoms with E-state index in [1.165, 1.54) is 31.1 Å². The first-order valence-electron chi connectivity index (χ1n) is 11.8. The van der Waals surface area contributed by atoms with Gasteiger partial charge in [0.15, 0.2) is 0 Å². The Morgan fingerprint density at radius 2 is 1.68 bits per heavy atom. The van der Waals surface area contributed by atoms with E-state index < -0.39 is 0 Å². The van der Waals surface area contributed by atoms with Crippen LogP contribution in [0.1, 0.15) is 43.2 Å². The molecule has 6 heteroatoms. The molecule has 0 unspecified atom stereocenters. The Labute approximate surface area is 187 Å². The van der Waals surface area contributed by atoms with Gasteiger partial charge in [0.05, 0.1) is 13.5 Å². The number of nitrogens with zero attached hydrogens (tertiary/aromatic N) is 3. The highest BCUT2D eigenvalue weighted by molar-refractivity contribution is 5.81. The van der Waals surface area contributed by atoms with Gasteiger partial charge < -0.3 is 14.5 Å². The Balaban J connectivity index is 1.48. The third-order valence-corrected chi connectivity index (χ3v) is 6.83. The molecule has 1 saturated heterocycles. The largest absolute Gasteiger partial charge is 0.469 e. The average Bonchev–Trinajstić information content (AvgIpc) is 3.21. The van der Waals surface area contributed by atoms with Crippen molar-refractivity contribution in [3.05, 3.63) is 35.4 Å². The minimum absolute atomic E-state index is 0.0813. The topological polar surface area (TPSA) is 53.1 Å². The van der Waals surface area contributed by atoms with Crippen LogP contribution in [-0.2, 0) is 27.2 Å². The molecule has 6 nitrogen and oxygen atoms in total. The molecule has 1 aromatic carbocycles. The van der Waals surface area contributed by atoms with E-state index in [-0.39, 0.29) is 24.7 Å². The summed E-state index contributed by atoms with van der Waals surface area (Å²) in [6.07, 6.45) is 5.99. The molecule has 0 aromatic heterocycles. The van der Waals surface area contributed by atoms with Crippen LogP contribution in [0.15, 0.2) is 24.3 Å². The number of amides is 1. The number of hydrogen-bond acceptors (Lipinski definition) is 5. The lowest BCUT2D eigenvalue weighted by atomic mass is 9.94. The van der Waals surface area contributed by atoms with Crippen LogP contribution in [0.4, 0.5) is 0 Å². The maximum absolute atomic E-state index is 12.8. The lowest BCUT2D eigenvalue weighted by Gasteiger charge is -2.38. The van der Waals surface area contributed by atoms with E-state index in [2.05, 4.69) is 48.2 Å². The minimum atomic E-state index is -0.313. The fourth-order valence-electron chi connectivity index (χ4n) is 4.97. The van der Waals surface area contributed by atoms with Crippen LogP contribution in [-0.4, -0.2) is 86.5 Å². The van der Waals surface area contributed by atoms with Gasteiger partial charge in [-0.25, -0.2) is 0 Å². The highest BCUT2D eigenvalue weighted by Crippen LogP contribution is 2.29. The number of ether oxygens (including phenoxy) is 1. The Morgan fingerprint density at radius 1 is 1.03 bits per heavy atom. The molecule has 172 valence electrons. The number of esters is 1. The fourth-order valence-corrected chi connectivity index (χ4v) is 4.97. The van der Waals surface area contributed by atoms with Gasteiger partial charge in [0.1, 0.15) is 0 Å². The molecule has 0 spiro atoms. The number of piperidine rings is 1. The molecule has 1 aliphatic heterocycles. The van der Waals surface area contributed by atoms with Gasteiger partial charge in [-0.2, -0.15) is 0 Å². The van der Waals surface area contributed by atoms with Gasteiger partial charge in [0, 0.05) is 25.6 Å². The second-order valence-corrected chi connectivity index (χ2v) is 9.38. The summed E-state index contributed by atoms with van der Waals surface area (Å²) < 4.78 is 4.70. The van der Waals surface area contributed by atoms with E-state index in [4.69, 9.17) is 4.74 Å². The lowest BCUT2D eigenvalue weighted by Crippen LogP contribution is -2.45. The second kappa shape index (κ2) is 11.6. The summed E-state index contributed by atoms with van der Waals surface area (Å²) in [7, 11) is 5.49. The van der Waals surface area contributed by atoms with Gasteiger partial charge in [-0.1, -0.05) is 24.3 Å². The molecule has 0 saturated carbocycles. The number of fused-ring (bicyclic) bond motifs is 1. The standard InChI is InChI=1S/C25H39N3O3/c1-26(2)13-6-14-28(24(29)9-10-25(30)31-3)19-20-11-15-27(16-12-20)23-17-21-7-4-5-8-22(21)18-23/h4-5,7-8,20,23H,6,9-19H2,1-3H3. The molecule has 1 aromatic rings. The van der Waals surface area contributed by atoms with Crippen LogP contribution in [0.2, 0.25) is 0 Å². The minimum Gasteiger partial charge on any atom is -0.469 e. The maximum atomic E-state index is 12.8. The van der Waals surface area contributed by atoms with Crippen molar-refractivity contribution < 1.29 is 14.3 Å². The molecule has 1 aliphatic carbocycles. The molecule has 0 bridgehead atoms. The highest BCUT2D eigenvalue weighted by Gasteiger charge is 2.30. The van der Waals surface area contributed by atoms with Gasteiger partial charge >= 0.3 is 5.97 Å². The number of methoxy groups -OCH3 is 1. The zero-order valence-corrected chi connectivity index (χ0v) is 19.5. The molecule has 3 rings (SSSR count). The molecular weight excluding hydrogens is 390 g/mol. The number of benzene rings is 1. The van der Waals surface area contributed by atoms with Crippen LogP contribution in [0, 0.1) is 5.92 Å². The fraction of sp³-hybridized carbons (Fsp3) is 0.680. The molecule has 0 N–H and O–H groups in total. The van der Waals surface area contributed by atoms with Crippen molar-refractivity contribution in [2.45, 2.75) is 51.0 Å². The summed E-state index contributed by atoms with van der Waals surface area (Å²) in [5, 5.41) is 0. The predicted molar refractivity (Wildman–Crippen MR) is 123 cm³/mol. The number of carbonyl (C=O) groups is 2. The summed E-state index contributed by atoms with van der Waals surface area (Å²) in [4.78, 5) is 31.1. The Bertz CT molecular complexity index is 703. The average molecular weight is 430 g/mol. The van der Waals surface area contributed by atoms with E-state index in [0.29, 0.717) is 12.0 Å². The van der Waals surface area contributed by atoms with Crippen LogP contribution in [0.5, 0.6) is 0 Å². The molecule has 1 amide bonds. The van der Waals surface area contributed by atoms with Crippen molar-refractivity contribution in [3.63, 3.8) is 0 Å². The van der Waals surface area contributed by atoms with Crippen LogP contribution < -0.4 is 0 Å². The molecule has 1 fully saturated rings. The van der Waals surface area contributed by atoms with E-state index in [1.54, 1.807) is 0 Å². The highest BCUT2D eigenvalue weighted by atomic mass is 16.5. The van der Waals surface area contributed by atoms with Gasteiger partial charge in [-0.3, -0.25) is 14.5 Å². The third kappa shape index (κ3) is 7.04. The van der Waals surface area contributed by atoms with Crippen molar-refractivity contribution in [1.82, 2.24) is 14.7 Å². The molecule has 2 aliphatic rings. The Morgan fingerprint density at radius 3 is 2.26 bits per heavy atom. The molecule has 0 radical (unpaired) electrons. The quantitative estimate of drug-likeness (QED) is 0.535. The van der Waals surface area contributed by atoms with Crippen molar-refractivity contribution in [2.24, 2.45) is 5.92 Å². The number of likely N-dealkylation sites (tertiary alicyclic amines) is 1. The Hall–Kier alpha value is -1.92. The third-order valence-electron chi connectivity index (χ3n) is 6.83. The van der Waals surface area contributed by atoms with E-state index >= 15 is 0 Å². The summed E-state index contributed by atoms with van der Waals surface area (Å²) in [5.74, 6) is 0.312. The first-order chi connectivity index (χ1) is 15.0.